The van der Waals surface area contributed by atoms with Crippen LogP contribution >= 0.6 is 22.6 Å². The van der Waals surface area contributed by atoms with Crippen molar-refractivity contribution < 1.29 is 27.1 Å². The van der Waals surface area contributed by atoms with Crippen molar-refractivity contribution >= 4 is 44.3 Å². The summed E-state index contributed by atoms with van der Waals surface area (Å²) < 4.78 is 54.0. The van der Waals surface area contributed by atoms with Gasteiger partial charge >= 0.3 is 5.97 Å². The first kappa shape index (κ1) is 16.6. The molecule has 0 heterocycles. The maximum Gasteiger partial charge on any atom is 0.341 e. The summed E-state index contributed by atoms with van der Waals surface area (Å²) in [5.74, 6) is -4.51. The van der Waals surface area contributed by atoms with Gasteiger partial charge in [0.2, 0.25) is 0 Å². The van der Waals surface area contributed by atoms with Crippen LogP contribution in [-0.2, 0) is 10.0 Å². The van der Waals surface area contributed by atoms with E-state index < -0.39 is 38.9 Å². The Balaban J connectivity index is 2.38. The Morgan fingerprint density at radius 3 is 2.05 bits per heavy atom. The molecule has 22 heavy (non-hydrogen) atoms. The molecular formula is C13H8F2INO4S. The predicted octanol–water partition coefficient (Wildman–Crippen LogP) is 3.07. The SMILES string of the molecule is O=C(O)c1c(F)cc(NS(=O)(=O)c2ccc(I)cc2)cc1F. The lowest BCUT2D eigenvalue weighted by molar-refractivity contribution is 0.0686. The number of rotatable bonds is 4. The van der Waals surface area contributed by atoms with Crippen molar-refractivity contribution in [3.63, 3.8) is 0 Å². The molecule has 0 radical (unpaired) electrons. The lowest BCUT2D eigenvalue weighted by atomic mass is 10.2. The number of benzene rings is 2. The Kier molecular flexibility index (Phi) is 4.66. The molecule has 0 amide bonds. The Bertz CT molecular complexity index is 815. The van der Waals surface area contributed by atoms with E-state index in [9.17, 15) is 22.0 Å². The van der Waals surface area contributed by atoms with Crippen molar-refractivity contribution in [3.8, 4) is 0 Å². The van der Waals surface area contributed by atoms with Gasteiger partial charge in [-0.05, 0) is 59.0 Å². The highest BCUT2D eigenvalue weighted by atomic mass is 127. The molecule has 0 bridgehead atoms. The third-order valence-corrected chi connectivity index (χ3v) is 4.75. The van der Waals surface area contributed by atoms with Crippen LogP contribution in [0.5, 0.6) is 0 Å². The van der Waals surface area contributed by atoms with E-state index in [1.54, 1.807) is 12.1 Å². The summed E-state index contributed by atoms with van der Waals surface area (Å²) in [6, 6.07) is 7.01. The first-order valence-corrected chi connectivity index (χ1v) is 8.27. The van der Waals surface area contributed by atoms with Crippen molar-refractivity contribution in [2.45, 2.75) is 4.90 Å². The van der Waals surface area contributed by atoms with Crippen LogP contribution in [0.25, 0.3) is 0 Å². The minimum absolute atomic E-state index is 0.0870. The average molecular weight is 439 g/mol. The van der Waals surface area contributed by atoms with E-state index in [2.05, 4.69) is 0 Å². The van der Waals surface area contributed by atoms with Crippen LogP contribution in [0, 0.1) is 15.2 Å². The van der Waals surface area contributed by atoms with Gasteiger partial charge in [0.1, 0.15) is 17.2 Å². The summed E-state index contributed by atoms with van der Waals surface area (Å²) in [4.78, 5) is 10.6. The standard InChI is InChI=1S/C13H8F2INO4S/c14-10-5-8(6-11(15)12(10)13(18)19)17-22(20,21)9-3-1-7(16)2-4-9/h1-6,17H,(H,18,19). The summed E-state index contributed by atoms with van der Waals surface area (Å²) in [6.45, 7) is 0. The lowest BCUT2D eigenvalue weighted by Gasteiger charge is -2.09. The Morgan fingerprint density at radius 1 is 1.09 bits per heavy atom. The highest BCUT2D eigenvalue weighted by Gasteiger charge is 2.20. The molecule has 0 saturated heterocycles. The van der Waals surface area contributed by atoms with E-state index in [0.29, 0.717) is 12.1 Å². The molecule has 0 aromatic heterocycles. The van der Waals surface area contributed by atoms with Gasteiger partial charge in [0.25, 0.3) is 10.0 Å². The monoisotopic (exact) mass is 439 g/mol. The van der Waals surface area contributed by atoms with Gasteiger partial charge in [0.05, 0.1) is 10.6 Å². The first-order valence-electron chi connectivity index (χ1n) is 5.71. The molecule has 0 aliphatic rings. The molecule has 2 aromatic carbocycles. The number of hydrogen-bond acceptors (Lipinski definition) is 3. The van der Waals surface area contributed by atoms with Gasteiger partial charge in [0.15, 0.2) is 0 Å². The van der Waals surface area contributed by atoms with E-state index in [0.717, 1.165) is 3.57 Å². The molecule has 5 nitrogen and oxygen atoms in total. The minimum atomic E-state index is -4.03. The van der Waals surface area contributed by atoms with Crippen LogP contribution in [0.2, 0.25) is 0 Å². The number of carbonyl (C=O) groups is 1. The first-order chi connectivity index (χ1) is 10.2. The molecule has 0 spiro atoms. The average Bonchev–Trinajstić information content (AvgIpc) is 2.37. The van der Waals surface area contributed by atoms with Crippen molar-refractivity contribution in [2.75, 3.05) is 4.72 Å². The van der Waals surface area contributed by atoms with Gasteiger partial charge in [-0.25, -0.2) is 22.0 Å². The van der Waals surface area contributed by atoms with Crippen LogP contribution in [0.1, 0.15) is 10.4 Å². The van der Waals surface area contributed by atoms with Crippen molar-refractivity contribution in [3.05, 3.63) is 57.2 Å². The number of carboxylic acids is 1. The number of sulfonamides is 1. The summed E-state index contributed by atoms with van der Waals surface area (Å²) in [5, 5.41) is 8.65. The van der Waals surface area contributed by atoms with Gasteiger partial charge in [-0.1, -0.05) is 0 Å². The molecule has 2 aromatic rings. The summed E-state index contributed by atoms with van der Waals surface area (Å²) in [6.07, 6.45) is 0. The van der Waals surface area contributed by atoms with Crippen LogP contribution in [0.4, 0.5) is 14.5 Å². The second kappa shape index (κ2) is 6.16. The lowest BCUT2D eigenvalue weighted by Crippen LogP contribution is -2.14. The molecular weight excluding hydrogens is 431 g/mol. The predicted molar refractivity (Wildman–Crippen MR) is 83.3 cm³/mol. The van der Waals surface area contributed by atoms with Gasteiger partial charge < -0.3 is 5.11 Å². The normalized spacial score (nSPS) is 11.2. The Hall–Kier alpha value is -1.75. The van der Waals surface area contributed by atoms with Crippen LogP contribution < -0.4 is 4.72 Å². The van der Waals surface area contributed by atoms with Gasteiger partial charge in [-0.15, -0.1) is 0 Å². The molecule has 0 unspecified atom stereocenters. The topological polar surface area (TPSA) is 83.5 Å². The molecule has 9 heteroatoms. The zero-order valence-electron chi connectivity index (χ0n) is 10.7. The van der Waals surface area contributed by atoms with E-state index in [4.69, 9.17) is 5.11 Å². The van der Waals surface area contributed by atoms with E-state index in [1.807, 2.05) is 27.3 Å². The zero-order chi connectivity index (χ0) is 16.5. The number of aromatic carboxylic acids is 1. The van der Waals surface area contributed by atoms with Crippen LogP contribution in [0.15, 0.2) is 41.3 Å². The Morgan fingerprint density at radius 2 is 1.59 bits per heavy atom. The summed E-state index contributed by atoms with van der Waals surface area (Å²) in [5.41, 5.74) is -1.55. The Labute approximate surface area is 138 Å². The molecule has 0 atom stereocenters. The van der Waals surface area contributed by atoms with Crippen molar-refractivity contribution in [1.82, 2.24) is 0 Å². The number of hydrogen-bond donors (Lipinski definition) is 2. The van der Waals surface area contributed by atoms with Gasteiger partial charge in [-0.3, -0.25) is 4.72 Å². The van der Waals surface area contributed by atoms with E-state index in [-0.39, 0.29) is 4.90 Å². The highest BCUT2D eigenvalue weighted by Crippen LogP contribution is 2.22. The van der Waals surface area contributed by atoms with Crippen LogP contribution in [-0.4, -0.2) is 19.5 Å². The smallest absolute Gasteiger partial charge is 0.341 e. The fraction of sp³-hybridized carbons (Fsp3) is 0. The van der Waals surface area contributed by atoms with Crippen molar-refractivity contribution in [2.24, 2.45) is 0 Å². The quantitative estimate of drug-likeness (QED) is 0.718. The summed E-state index contributed by atoms with van der Waals surface area (Å²) >= 11 is 2.00. The molecule has 2 N–H and O–H groups in total. The van der Waals surface area contributed by atoms with Crippen molar-refractivity contribution in [1.29, 1.82) is 0 Å². The third kappa shape index (κ3) is 3.53. The fourth-order valence-electron chi connectivity index (χ4n) is 1.66. The molecule has 0 aliphatic carbocycles. The second-order valence-electron chi connectivity index (χ2n) is 4.18. The third-order valence-electron chi connectivity index (χ3n) is 2.63. The summed E-state index contributed by atoms with van der Waals surface area (Å²) in [7, 11) is -4.03. The largest absolute Gasteiger partial charge is 0.477 e. The highest BCUT2D eigenvalue weighted by molar-refractivity contribution is 14.1. The number of halogens is 3. The zero-order valence-corrected chi connectivity index (χ0v) is 13.7. The molecule has 2 rings (SSSR count). The van der Waals surface area contributed by atoms with Crippen LogP contribution in [0.3, 0.4) is 0 Å². The van der Waals surface area contributed by atoms with Gasteiger partial charge in [-0.2, -0.15) is 0 Å². The maximum atomic E-state index is 13.5. The number of carboxylic acid groups (broad SMARTS) is 1. The fourth-order valence-corrected chi connectivity index (χ4v) is 3.06. The number of anilines is 1. The molecule has 0 saturated carbocycles. The molecule has 0 fully saturated rings. The van der Waals surface area contributed by atoms with Gasteiger partial charge in [0, 0.05) is 3.57 Å². The number of nitrogens with one attached hydrogen (secondary N) is 1. The minimum Gasteiger partial charge on any atom is -0.477 e. The van der Waals surface area contributed by atoms with E-state index >= 15 is 0 Å². The molecule has 0 aliphatic heterocycles. The van der Waals surface area contributed by atoms with E-state index in [1.165, 1.54) is 12.1 Å². The maximum absolute atomic E-state index is 13.5. The second-order valence-corrected chi connectivity index (χ2v) is 7.11. The molecule has 116 valence electrons.